The number of halogens is 1. The molecule has 2 fully saturated rings. The lowest BCUT2D eigenvalue weighted by atomic mass is 9.96. The lowest BCUT2D eigenvalue weighted by Gasteiger charge is -2.22. The molecule has 1 aromatic carbocycles. The molecule has 1 aromatic rings. The third kappa shape index (κ3) is 4.83. The molecule has 2 saturated heterocycles. The van der Waals surface area contributed by atoms with Crippen LogP contribution in [0.25, 0.3) is 0 Å². The van der Waals surface area contributed by atoms with Crippen LogP contribution in [0, 0.1) is 6.92 Å². The first kappa shape index (κ1) is 18.5. The Morgan fingerprint density at radius 3 is 2.78 bits per heavy atom. The average Bonchev–Trinajstić information content (AvgIpc) is 3.12. The molecule has 0 spiro atoms. The Kier molecular flexibility index (Phi) is 7.14. The van der Waals surface area contributed by atoms with Gasteiger partial charge in [0.25, 0.3) is 0 Å². The maximum Gasteiger partial charge on any atom is 0.191 e. The molecule has 2 N–H and O–H groups in total. The molecule has 0 amide bonds. The average molecular weight is 429 g/mol. The molecule has 0 aliphatic carbocycles. The van der Waals surface area contributed by atoms with Crippen LogP contribution in [0.2, 0.25) is 0 Å². The highest BCUT2D eigenvalue weighted by atomic mass is 127. The monoisotopic (exact) mass is 429 g/mol. The van der Waals surface area contributed by atoms with Gasteiger partial charge in [0.15, 0.2) is 5.96 Å². The van der Waals surface area contributed by atoms with E-state index in [1.54, 1.807) is 0 Å². The molecule has 128 valence electrons. The Bertz CT molecular complexity index is 535. The predicted octanol–water partition coefficient (Wildman–Crippen LogP) is 3.03. The summed E-state index contributed by atoms with van der Waals surface area (Å²) in [6.07, 6.45) is 5.36. The molecular formula is C18H28IN3O. The van der Waals surface area contributed by atoms with Gasteiger partial charge in [-0.05, 0) is 50.7 Å². The Morgan fingerprint density at radius 1 is 1.30 bits per heavy atom. The van der Waals surface area contributed by atoms with Gasteiger partial charge in [-0.2, -0.15) is 0 Å². The molecule has 23 heavy (non-hydrogen) atoms. The van der Waals surface area contributed by atoms with Crippen LogP contribution in [0.4, 0.5) is 0 Å². The summed E-state index contributed by atoms with van der Waals surface area (Å²) in [5, 5.41) is 6.92. The van der Waals surface area contributed by atoms with Gasteiger partial charge in [-0.1, -0.05) is 24.3 Å². The van der Waals surface area contributed by atoms with Crippen molar-refractivity contribution in [1.82, 2.24) is 10.6 Å². The summed E-state index contributed by atoms with van der Waals surface area (Å²) in [4.78, 5) is 4.74. The molecule has 3 unspecified atom stereocenters. The minimum absolute atomic E-state index is 0. The smallest absolute Gasteiger partial charge is 0.191 e. The zero-order valence-corrected chi connectivity index (χ0v) is 16.4. The van der Waals surface area contributed by atoms with Crippen LogP contribution < -0.4 is 10.6 Å². The summed E-state index contributed by atoms with van der Waals surface area (Å²) in [7, 11) is 0. The van der Waals surface area contributed by atoms with E-state index in [4.69, 9.17) is 9.73 Å². The fourth-order valence-corrected chi connectivity index (χ4v) is 3.46. The lowest BCUT2D eigenvalue weighted by molar-refractivity contribution is 0.0992. The molecule has 2 heterocycles. The Hall–Kier alpha value is -0.820. The molecule has 0 radical (unpaired) electrons. The summed E-state index contributed by atoms with van der Waals surface area (Å²) in [6.45, 7) is 5.96. The standard InChI is InChI=1S/C18H27N3O.HI/c1-3-19-18(21-16-12-15-8-9-17(16)22-15)20-11-10-14-7-5-4-6-13(14)2;/h4-7,15-17H,3,8-12H2,1-2H3,(H2,19,20,21);1H. The molecule has 2 bridgehead atoms. The maximum atomic E-state index is 5.91. The van der Waals surface area contributed by atoms with Gasteiger partial charge in [0.05, 0.1) is 18.2 Å². The Morgan fingerprint density at radius 2 is 2.13 bits per heavy atom. The van der Waals surface area contributed by atoms with Crippen LogP contribution in [-0.2, 0) is 11.2 Å². The fraction of sp³-hybridized carbons (Fsp3) is 0.611. The summed E-state index contributed by atoms with van der Waals surface area (Å²) in [6, 6.07) is 8.96. The molecule has 4 nitrogen and oxygen atoms in total. The SMILES string of the molecule is CCNC(=NCCc1ccccc1C)NC1CC2CCC1O2.I. The predicted molar refractivity (Wildman–Crippen MR) is 106 cm³/mol. The number of aliphatic imine (C=N–C) groups is 1. The van der Waals surface area contributed by atoms with E-state index in [1.807, 2.05) is 0 Å². The molecule has 2 aliphatic rings. The van der Waals surface area contributed by atoms with Gasteiger partial charge in [-0.25, -0.2) is 0 Å². The Labute approximate surface area is 156 Å². The number of ether oxygens (including phenoxy) is 1. The van der Waals surface area contributed by atoms with Crippen LogP contribution in [0.5, 0.6) is 0 Å². The van der Waals surface area contributed by atoms with E-state index in [0.29, 0.717) is 18.2 Å². The highest BCUT2D eigenvalue weighted by molar-refractivity contribution is 14.0. The van der Waals surface area contributed by atoms with E-state index in [2.05, 4.69) is 48.7 Å². The molecule has 2 aliphatic heterocycles. The van der Waals surface area contributed by atoms with Crippen LogP contribution >= 0.6 is 24.0 Å². The minimum atomic E-state index is 0. The van der Waals surface area contributed by atoms with E-state index < -0.39 is 0 Å². The zero-order valence-electron chi connectivity index (χ0n) is 14.0. The van der Waals surface area contributed by atoms with Crippen molar-refractivity contribution >= 4 is 29.9 Å². The molecule has 3 rings (SSSR count). The second-order valence-electron chi connectivity index (χ2n) is 6.30. The van der Waals surface area contributed by atoms with E-state index in [9.17, 15) is 0 Å². The summed E-state index contributed by atoms with van der Waals surface area (Å²) in [5.74, 6) is 0.928. The molecule has 0 saturated carbocycles. The summed E-state index contributed by atoms with van der Waals surface area (Å²) < 4.78 is 5.91. The Balaban J connectivity index is 0.00000192. The topological polar surface area (TPSA) is 45.7 Å². The number of hydrogen-bond donors (Lipinski definition) is 2. The van der Waals surface area contributed by atoms with Crippen molar-refractivity contribution in [2.45, 2.75) is 57.8 Å². The third-order valence-electron chi connectivity index (χ3n) is 4.68. The van der Waals surface area contributed by atoms with Crippen molar-refractivity contribution in [3.05, 3.63) is 35.4 Å². The second kappa shape index (κ2) is 8.87. The van der Waals surface area contributed by atoms with E-state index in [1.165, 1.54) is 24.0 Å². The highest BCUT2D eigenvalue weighted by Crippen LogP contribution is 2.34. The van der Waals surface area contributed by atoms with Gasteiger partial charge in [-0.3, -0.25) is 4.99 Å². The van der Waals surface area contributed by atoms with Crippen LogP contribution in [0.1, 0.15) is 37.3 Å². The van der Waals surface area contributed by atoms with Crippen molar-refractivity contribution in [2.24, 2.45) is 4.99 Å². The van der Waals surface area contributed by atoms with Crippen LogP contribution in [0.15, 0.2) is 29.3 Å². The molecule has 3 atom stereocenters. The highest BCUT2D eigenvalue weighted by Gasteiger charge is 2.41. The van der Waals surface area contributed by atoms with Crippen LogP contribution in [-0.4, -0.2) is 37.3 Å². The number of hydrogen-bond acceptors (Lipinski definition) is 2. The first-order valence-corrected chi connectivity index (χ1v) is 8.51. The molecular weight excluding hydrogens is 401 g/mol. The van der Waals surface area contributed by atoms with Gasteiger partial charge < -0.3 is 15.4 Å². The van der Waals surface area contributed by atoms with Gasteiger partial charge in [-0.15, -0.1) is 24.0 Å². The minimum Gasteiger partial charge on any atom is -0.373 e. The number of rotatable bonds is 5. The number of guanidine groups is 1. The van der Waals surface area contributed by atoms with Crippen molar-refractivity contribution < 1.29 is 4.74 Å². The third-order valence-corrected chi connectivity index (χ3v) is 4.68. The van der Waals surface area contributed by atoms with E-state index >= 15 is 0 Å². The molecule has 0 aromatic heterocycles. The largest absolute Gasteiger partial charge is 0.373 e. The number of aryl methyl sites for hydroxylation is 1. The number of nitrogens with one attached hydrogen (secondary N) is 2. The van der Waals surface area contributed by atoms with Crippen molar-refractivity contribution in [3.63, 3.8) is 0 Å². The van der Waals surface area contributed by atoms with Gasteiger partial charge in [0.2, 0.25) is 0 Å². The maximum absolute atomic E-state index is 5.91. The normalized spacial score (nSPS) is 26.0. The first-order chi connectivity index (χ1) is 10.8. The fourth-order valence-electron chi connectivity index (χ4n) is 3.46. The van der Waals surface area contributed by atoms with Gasteiger partial charge in [0, 0.05) is 13.1 Å². The van der Waals surface area contributed by atoms with Crippen molar-refractivity contribution in [2.75, 3.05) is 13.1 Å². The van der Waals surface area contributed by atoms with Gasteiger partial charge in [0.1, 0.15) is 0 Å². The number of benzene rings is 1. The van der Waals surface area contributed by atoms with E-state index in [-0.39, 0.29) is 24.0 Å². The van der Waals surface area contributed by atoms with Crippen molar-refractivity contribution in [3.8, 4) is 0 Å². The summed E-state index contributed by atoms with van der Waals surface area (Å²) >= 11 is 0. The number of nitrogens with zero attached hydrogens (tertiary/aromatic N) is 1. The summed E-state index contributed by atoms with van der Waals surface area (Å²) in [5.41, 5.74) is 2.72. The van der Waals surface area contributed by atoms with Crippen molar-refractivity contribution in [1.29, 1.82) is 0 Å². The quantitative estimate of drug-likeness (QED) is 0.430. The zero-order chi connectivity index (χ0) is 15.4. The first-order valence-electron chi connectivity index (χ1n) is 8.51. The second-order valence-corrected chi connectivity index (χ2v) is 6.30. The lowest BCUT2D eigenvalue weighted by Crippen LogP contribution is -2.47. The van der Waals surface area contributed by atoms with Gasteiger partial charge >= 0.3 is 0 Å². The number of fused-ring (bicyclic) bond motifs is 2. The molecule has 5 heteroatoms. The van der Waals surface area contributed by atoms with E-state index in [0.717, 1.165) is 31.9 Å². The van der Waals surface area contributed by atoms with Crippen LogP contribution in [0.3, 0.4) is 0 Å².